The van der Waals surface area contributed by atoms with Crippen LogP contribution < -0.4 is 5.32 Å². The van der Waals surface area contributed by atoms with Crippen LogP contribution >= 0.6 is 22.9 Å². The topological polar surface area (TPSA) is 58.1 Å². The van der Waals surface area contributed by atoms with Crippen LogP contribution in [0.2, 0.25) is 5.02 Å². The first-order valence-corrected chi connectivity index (χ1v) is 9.95. The van der Waals surface area contributed by atoms with E-state index < -0.39 is 5.82 Å². The summed E-state index contributed by atoms with van der Waals surface area (Å²) in [7, 11) is 0. The second-order valence-electron chi connectivity index (χ2n) is 6.53. The number of aryl methyl sites for hydroxylation is 1. The van der Waals surface area contributed by atoms with Gasteiger partial charge < -0.3 is 10.2 Å². The number of likely N-dealkylation sites (tertiary alicyclic amines) is 1. The van der Waals surface area contributed by atoms with Gasteiger partial charge in [0, 0.05) is 24.5 Å². The monoisotopic (exact) mass is 404 g/mol. The van der Waals surface area contributed by atoms with Crippen LogP contribution in [0.5, 0.6) is 0 Å². The Morgan fingerprint density at radius 3 is 2.85 bits per heavy atom. The maximum atomic E-state index is 13.3. The molecule has 0 bridgehead atoms. The molecule has 0 radical (unpaired) electrons. The minimum atomic E-state index is -0.441. The Hall–Kier alpha value is -2.25. The average Bonchev–Trinajstić information content (AvgIpc) is 3.31. The number of rotatable bonds is 4. The number of carbonyl (C=O) groups is 1. The van der Waals surface area contributed by atoms with Gasteiger partial charge in [-0.1, -0.05) is 17.7 Å². The molecule has 1 N–H and O–H groups in total. The van der Waals surface area contributed by atoms with E-state index in [0.717, 1.165) is 41.8 Å². The summed E-state index contributed by atoms with van der Waals surface area (Å²) in [5, 5.41) is 4.21. The van der Waals surface area contributed by atoms with Crippen LogP contribution in [-0.4, -0.2) is 33.9 Å². The lowest BCUT2D eigenvalue weighted by Gasteiger charge is -2.13. The largest absolute Gasteiger partial charge is 0.365 e. The SMILES string of the molecule is Cc1sc(C(=O)N2CCCC2)c2ncnc(NCc3ccc(F)c(Cl)c3)c12. The molecule has 8 heteroatoms. The number of anilines is 1. The molecule has 0 aliphatic carbocycles. The van der Waals surface area contributed by atoms with Crippen molar-refractivity contribution < 1.29 is 9.18 Å². The van der Waals surface area contributed by atoms with Crippen molar-refractivity contribution in [2.75, 3.05) is 18.4 Å². The summed E-state index contributed by atoms with van der Waals surface area (Å²) in [5.74, 6) is 0.267. The first kappa shape index (κ1) is 18.1. The van der Waals surface area contributed by atoms with Gasteiger partial charge in [-0.2, -0.15) is 0 Å². The number of thiophene rings is 1. The number of hydrogen-bond acceptors (Lipinski definition) is 5. The van der Waals surface area contributed by atoms with Crippen LogP contribution in [0.1, 0.15) is 33.0 Å². The molecule has 0 saturated carbocycles. The molecule has 4 rings (SSSR count). The maximum absolute atomic E-state index is 13.3. The van der Waals surface area contributed by atoms with Crippen molar-refractivity contribution in [2.24, 2.45) is 0 Å². The van der Waals surface area contributed by atoms with Crippen LogP contribution in [0.3, 0.4) is 0 Å². The van der Waals surface area contributed by atoms with Crippen molar-refractivity contribution in [1.82, 2.24) is 14.9 Å². The number of benzene rings is 1. The third-order valence-corrected chi connectivity index (χ3v) is 6.07. The van der Waals surface area contributed by atoms with Gasteiger partial charge in [0.1, 0.15) is 22.8 Å². The third-order valence-electron chi connectivity index (χ3n) is 4.70. The van der Waals surface area contributed by atoms with Gasteiger partial charge in [-0.15, -0.1) is 11.3 Å². The number of nitrogens with zero attached hydrogens (tertiary/aromatic N) is 3. The molecule has 0 atom stereocenters. The quantitative estimate of drug-likeness (QED) is 0.688. The van der Waals surface area contributed by atoms with E-state index in [2.05, 4.69) is 15.3 Å². The van der Waals surface area contributed by atoms with Crippen molar-refractivity contribution in [2.45, 2.75) is 26.3 Å². The highest BCUT2D eigenvalue weighted by Gasteiger charge is 2.25. The molecule has 0 unspecified atom stereocenters. The first-order valence-electron chi connectivity index (χ1n) is 8.76. The number of hydrogen-bond donors (Lipinski definition) is 1. The summed E-state index contributed by atoms with van der Waals surface area (Å²) < 4.78 is 13.3. The predicted molar refractivity (Wildman–Crippen MR) is 106 cm³/mol. The van der Waals surface area contributed by atoms with Crippen LogP contribution in [0.15, 0.2) is 24.5 Å². The van der Waals surface area contributed by atoms with Crippen LogP contribution in [-0.2, 0) is 6.54 Å². The number of aromatic nitrogens is 2. The molecular weight excluding hydrogens is 387 g/mol. The van der Waals surface area contributed by atoms with Crippen LogP contribution in [0.4, 0.5) is 10.2 Å². The van der Waals surface area contributed by atoms with E-state index in [0.29, 0.717) is 22.8 Å². The molecule has 1 aliphatic heterocycles. The smallest absolute Gasteiger partial charge is 0.266 e. The Kier molecular flexibility index (Phi) is 4.97. The van der Waals surface area contributed by atoms with E-state index in [4.69, 9.17) is 11.6 Å². The predicted octanol–water partition coefficient (Wildman–Crippen LogP) is 4.64. The number of carbonyl (C=O) groups excluding carboxylic acids is 1. The summed E-state index contributed by atoms with van der Waals surface area (Å²) in [6, 6.07) is 4.61. The number of halogens is 2. The normalized spacial score (nSPS) is 14.1. The van der Waals surface area contributed by atoms with Crippen molar-refractivity contribution >= 4 is 45.6 Å². The Morgan fingerprint density at radius 2 is 2.11 bits per heavy atom. The summed E-state index contributed by atoms with van der Waals surface area (Å²) >= 11 is 7.31. The minimum absolute atomic E-state index is 0.0468. The summed E-state index contributed by atoms with van der Waals surface area (Å²) in [4.78, 5) is 25.1. The van der Waals surface area contributed by atoms with E-state index in [1.165, 1.54) is 23.7 Å². The van der Waals surface area contributed by atoms with Gasteiger partial charge in [0.2, 0.25) is 0 Å². The average molecular weight is 405 g/mol. The second-order valence-corrected chi connectivity index (χ2v) is 8.17. The van der Waals surface area contributed by atoms with E-state index >= 15 is 0 Å². The van der Waals surface area contributed by atoms with Crippen LogP contribution in [0.25, 0.3) is 10.9 Å². The first-order chi connectivity index (χ1) is 13.0. The number of nitrogens with one attached hydrogen (secondary N) is 1. The van der Waals surface area contributed by atoms with Crippen molar-refractivity contribution in [3.8, 4) is 0 Å². The van der Waals surface area contributed by atoms with Gasteiger partial charge >= 0.3 is 0 Å². The number of amides is 1. The highest BCUT2D eigenvalue weighted by atomic mass is 35.5. The third kappa shape index (κ3) is 3.49. The van der Waals surface area contributed by atoms with E-state index in [1.54, 1.807) is 12.1 Å². The molecule has 1 amide bonds. The van der Waals surface area contributed by atoms with Crippen LogP contribution in [0, 0.1) is 12.7 Å². The van der Waals surface area contributed by atoms with Crippen molar-refractivity contribution in [3.63, 3.8) is 0 Å². The fourth-order valence-corrected chi connectivity index (χ4v) is 4.59. The van der Waals surface area contributed by atoms with E-state index in [9.17, 15) is 9.18 Å². The maximum Gasteiger partial charge on any atom is 0.266 e. The number of fused-ring (bicyclic) bond motifs is 1. The zero-order valence-electron chi connectivity index (χ0n) is 14.8. The van der Waals surface area contributed by atoms with Crippen molar-refractivity contribution in [3.05, 3.63) is 50.7 Å². The zero-order valence-corrected chi connectivity index (χ0v) is 16.3. The van der Waals surface area contributed by atoms with Gasteiger partial charge in [0.25, 0.3) is 5.91 Å². The lowest BCUT2D eigenvalue weighted by molar-refractivity contribution is 0.0799. The van der Waals surface area contributed by atoms with E-state index in [1.807, 2.05) is 11.8 Å². The molecule has 1 fully saturated rings. The Balaban J connectivity index is 1.63. The Morgan fingerprint density at radius 1 is 1.33 bits per heavy atom. The molecule has 5 nitrogen and oxygen atoms in total. The van der Waals surface area contributed by atoms with Gasteiger partial charge in [0.05, 0.1) is 15.9 Å². The Labute approximate surface area is 165 Å². The molecule has 3 heterocycles. The molecule has 0 spiro atoms. The summed E-state index contributed by atoms with van der Waals surface area (Å²) in [5.41, 5.74) is 1.53. The fraction of sp³-hybridized carbons (Fsp3) is 0.316. The molecule has 27 heavy (non-hydrogen) atoms. The van der Waals surface area contributed by atoms with Gasteiger partial charge in [-0.3, -0.25) is 4.79 Å². The standard InChI is InChI=1S/C19H18ClFN4OS/c1-11-15-16(17(27-11)19(26)25-6-2-3-7-25)23-10-24-18(15)22-9-12-4-5-14(21)13(20)8-12/h4-5,8,10H,2-3,6-7,9H2,1H3,(H,22,23,24). The molecule has 1 aliphatic rings. The minimum Gasteiger partial charge on any atom is -0.365 e. The van der Waals surface area contributed by atoms with E-state index in [-0.39, 0.29) is 10.9 Å². The molecule has 2 aromatic heterocycles. The lowest BCUT2D eigenvalue weighted by atomic mass is 10.2. The summed E-state index contributed by atoms with van der Waals surface area (Å²) in [6.45, 7) is 4.02. The molecule has 3 aromatic rings. The molecular formula is C19H18ClFN4OS. The second kappa shape index (κ2) is 7.40. The zero-order chi connectivity index (χ0) is 19.0. The summed E-state index contributed by atoms with van der Waals surface area (Å²) in [6.07, 6.45) is 3.57. The van der Waals surface area contributed by atoms with Gasteiger partial charge in [-0.05, 0) is 37.5 Å². The molecule has 1 saturated heterocycles. The molecule has 1 aromatic carbocycles. The highest BCUT2D eigenvalue weighted by Crippen LogP contribution is 2.34. The van der Waals surface area contributed by atoms with Gasteiger partial charge in [0.15, 0.2) is 0 Å². The fourth-order valence-electron chi connectivity index (χ4n) is 3.32. The molecule has 140 valence electrons. The lowest BCUT2D eigenvalue weighted by Crippen LogP contribution is -2.27. The Bertz CT molecular complexity index is 1020. The highest BCUT2D eigenvalue weighted by molar-refractivity contribution is 7.15. The van der Waals surface area contributed by atoms with Crippen molar-refractivity contribution in [1.29, 1.82) is 0 Å². The van der Waals surface area contributed by atoms with Gasteiger partial charge in [-0.25, -0.2) is 14.4 Å².